The van der Waals surface area contributed by atoms with E-state index in [-0.39, 0.29) is 11.8 Å². The van der Waals surface area contributed by atoms with Gasteiger partial charge in [-0.3, -0.25) is 9.59 Å². The third-order valence-corrected chi connectivity index (χ3v) is 4.11. The Hall–Kier alpha value is -3.19. The Labute approximate surface area is 171 Å². The predicted molar refractivity (Wildman–Crippen MR) is 112 cm³/mol. The maximum Gasteiger partial charge on any atom is 0.338 e. The molecule has 0 aliphatic carbocycles. The molecule has 154 valence electrons. The molecule has 2 amide bonds. The van der Waals surface area contributed by atoms with Crippen LogP contribution in [0.5, 0.6) is 0 Å². The molecule has 29 heavy (non-hydrogen) atoms. The van der Waals surface area contributed by atoms with Gasteiger partial charge in [0.05, 0.1) is 12.2 Å². The van der Waals surface area contributed by atoms with Crippen molar-refractivity contribution in [3.8, 4) is 0 Å². The number of anilines is 1. The number of carbonyl (C=O) groups excluding carboxylic acids is 3. The van der Waals surface area contributed by atoms with E-state index in [1.165, 1.54) is 0 Å². The van der Waals surface area contributed by atoms with Crippen LogP contribution in [0.15, 0.2) is 48.5 Å². The maximum atomic E-state index is 12.5. The number of benzene rings is 2. The van der Waals surface area contributed by atoms with Crippen molar-refractivity contribution in [1.29, 1.82) is 0 Å². The molecule has 0 aliphatic rings. The lowest BCUT2D eigenvalue weighted by Crippen LogP contribution is -2.27. The van der Waals surface area contributed by atoms with Crippen LogP contribution >= 0.6 is 0 Å². The van der Waals surface area contributed by atoms with Crippen molar-refractivity contribution >= 4 is 23.5 Å². The van der Waals surface area contributed by atoms with Gasteiger partial charge in [0.1, 0.15) is 0 Å². The quantitative estimate of drug-likeness (QED) is 0.502. The fraction of sp³-hybridized carbons (Fsp3) is 0.318. The van der Waals surface area contributed by atoms with Crippen LogP contribution < -0.4 is 10.6 Å². The summed E-state index contributed by atoms with van der Waals surface area (Å²) in [6.45, 7) is 3.50. The van der Waals surface area contributed by atoms with E-state index in [1.54, 1.807) is 55.5 Å². The highest BCUT2D eigenvalue weighted by Gasteiger charge is 2.12. The molecule has 0 heterocycles. The average molecular weight is 397 g/mol. The van der Waals surface area contributed by atoms with Gasteiger partial charge in [0.25, 0.3) is 11.8 Å². The lowest BCUT2D eigenvalue weighted by Gasteiger charge is -2.10. The zero-order valence-electron chi connectivity index (χ0n) is 17.0. The van der Waals surface area contributed by atoms with Gasteiger partial charge in [0.2, 0.25) is 0 Å². The first-order chi connectivity index (χ1) is 13.9. The first-order valence-electron chi connectivity index (χ1n) is 9.52. The molecule has 0 spiro atoms. The summed E-state index contributed by atoms with van der Waals surface area (Å²) in [6, 6.07) is 13.0. The van der Waals surface area contributed by atoms with E-state index in [0.717, 1.165) is 13.0 Å². The van der Waals surface area contributed by atoms with E-state index in [0.29, 0.717) is 35.5 Å². The van der Waals surface area contributed by atoms with Gasteiger partial charge in [-0.2, -0.15) is 0 Å². The fourth-order valence-corrected chi connectivity index (χ4v) is 2.61. The Morgan fingerprint density at radius 3 is 2.21 bits per heavy atom. The van der Waals surface area contributed by atoms with Crippen LogP contribution in [0.3, 0.4) is 0 Å². The van der Waals surface area contributed by atoms with Crippen molar-refractivity contribution < 1.29 is 19.1 Å². The van der Waals surface area contributed by atoms with Gasteiger partial charge in [-0.1, -0.05) is 6.07 Å². The first-order valence-corrected chi connectivity index (χ1v) is 9.52. The van der Waals surface area contributed by atoms with Crippen molar-refractivity contribution in [2.75, 3.05) is 39.1 Å². The van der Waals surface area contributed by atoms with Crippen LogP contribution in [0.25, 0.3) is 0 Å². The summed E-state index contributed by atoms with van der Waals surface area (Å²) in [4.78, 5) is 38.5. The monoisotopic (exact) mass is 397 g/mol. The molecule has 2 rings (SSSR count). The molecule has 2 aromatic rings. The number of hydrogen-bond acceptors (Lipinski definition) is 5. The van der Waals surface area contributed by atoms with Crippen LogP contribution in [0.4, 0.5) is 5.69 Å². The third kappa shape index (κ3) is 7.04. The molecule has 0 saturated carbocycles. The Bertz CT molecular complexity index is 847. The lowest BCUT2D eigenvalue weighted by atomic mass is 10.1. The lowest BCUT2D eigenvalue weighted by molar-refractivity contribution is 0.0526. The molecule has 7 heteroatoms. The van der Waals surface area contributed by atoms with Gasteiger partial charge in [-0.15, -0.1) is 0 Å². The van der Waals surface area contributed by atoms with Gasteiger partial charge in [-0.05, 0) is 76.4 Å². The van der Waals surface area contributed by atoms with E-state index in [9.17, 15) is 14.4 Å². The molecule has 0 unspecified atom stereocenters. The van der Waals surface area contributed by atoms with Crippen molar-refractivity contribution in [1.82, 2.24) is 10.2 Å². The van der Waals surface area contributed by atoms with Gasteiger partial charge in [0, 0.05) is 23.4 Å². The summed E-state index contributed by atoms with van der Waals surface area (Å²) in [6.07, 6.45) is 0.848. The zero-order chi connectivity index (χ0) is 21.2. The number of amides is 2. The number of carbonyl (C=O) groups is 3. The molecular weight excluding hydrogens is 370 g/mol. The van der Waals surface area contributed by atoms with Gasteiger partial charge >= 0.3 is 5.97 Å². The molecule has 0 aromatic heterocycles. The highest BCUT2D eigenvalue weighted by molar-refractivity contribution is 6.06. The topological polar surface area (TPSA) is 87.7 Å². The SMILES string of the molecule is CCOC(=O)c1ccc(NC(=O)c2cccc(C(=O)NCCCN(C)C)c2)cc1. The number of rotatable bonds is 9. The molecule has 0 fully saturated rings. The number of hydrogen-bond donors (Lipinski definition) is 2. The van der Waals surface area contributed by atoms with Crippen molar-refractivity contribution in [2.45, 2.75) is 13.3 Å². The van der Waals surface area contributed by atoms with Crippen molar-refractivity contribution in [3.05, 3.63) is 65.2 Å². The minimum atomic E-state index is -0.408. The molecule has 2 N–H and O–H groups in total. The predicted octanol–water partition coefficient (Wildman–Crippen LogP) is 2.80. The Kier molecular flexibility index (Phi) is 8.36. The number of nitrogens with zero attached hydrogens (tertiary/aromatic N) is 1. The summed E-state index contributed by atoms with van der Waals surface area (Å²) in [5.41, 5.74) is 1.76. The van der Waals surface area contributed by atoms with Crippen LogP contribution in [0.1, 0.15) is 44.4 Å². The highest BCUT2D eigenvalue weighted by Crippen LogP contribution is 2.13. The van der Waals surface area contributed by atoms with Crippen molar-refractivity contribution in [2.24, 2.45) is 0 Å². The second kappa shape index (κ2) is 11.0. The highest BCUT2D eigenvalue weighted by atomic mass is 16.5. The summed E-state index contributed by atoms with van der Waals surface area (Å²) in [7, 11) is 3.96. The van der Waals surface area contributed by atoms with E-state index in [2.05, 4.69) is 15.5 Å². The van der Waals surface area contributed by atoms with Crippen LogP contribution in [-0.4, -0.2) is 56.5 Å². The van der Waals surface area contributed by atoms with Crippen LogP contribution in [-0.2, 0) is 4.74 Å². The molecule has 7 nitrogen and oxygen atoms in total. The average Bonchev–Trinajstić information content (AvgIpc) is 2.71. The number of nitrogens with one attached hydrogen (secondary N) is 2. The Balaban J connectivity index is 1.96. The Morgan fingerprint density at radius 2 is 1.59 bits per heavy atom. The minimum Gasteiger partial charge on any atom is -0.462 e. The molecule has 0 saturated heterocycles. The molecular formula is C22H27N3O4. The molecule has 0 atom stereocenters. The van der Waals surface area contributed by atoms with E-state index >= 15 is 0 Å². The van der Waals surface area contributed by atoms with Crippen LogP contribution in [0.2, 0.25) is 0 Å². The normalized spacial score (nSPS) is 10.5. The smallest absolute Gasteiger partial charge is 0.338 e. The molecule has 0 aliphatic heterocycles. The summed E-state index contributed by atoms with van der Waals surface area (Å²) in [5, 5.41) is 5.62. The summed E-state index contributed by atoms with van der Waals surface area (Å²) in [5.74, 6) is -0.956. The van der Waals surface area contributed by atoms with Gasteiger partial charge in [0.15, 0.2) is 0 Å². The maximum absolute atomic E-state index is 12.5. The van der Waals surface area contributed by atoms with Gasteiger partial charge < -0.3 is 20.3 Å². The molecule has 0 bridgehead atoms. The zero-order valence-corrected chi connectivity index (χ0v) is 17.0. The number of ether oxygens (including phenoxy) is 1. The summed E-state index contributed by atoms with van der Waals surface area (Å²) >= 11 is 0. The number of esters is 1. The van der Waals surface area contributed by atoms with Gasteiger partial charge in [-0.25, -0.2) is 4.79 Å². The van der Waals surface area contributed by atoms with Crippen molar-refractivity contribution in [3.63, 3.8) is 0 Å². The largest absolute Gasteiger partial charge is 0.462 e. The van der Waals surface area contributed by atoms with E-state index < -0.39 is 5.97 Å². The minimum absolute atomic E-state index is 0.211. The standard InChI is InChI=1S/C22H27N3O4/c1-4-29-22(28)16-9-11-19(12-10-16)24-21(27)18-8-5-7-17(15-18)20(26)23-13-6-14-25(2)3/h5,7-12,15H,4,6,13-14H2,1-3H3,(H,23,26)(H,24,27). The summed E-state index contributed by atoms with van der Waals surface area (Å²) < 4.78 is 4.93. The van der Waals surface area contributed by atoms with E-state index in [4.69, 9.17) is 4.74 Å². The fourth-order valence-electron chi connectivity index (χ4n) is 2.61. The second-order valence-corrected chi connectivity index (χ2v) is 6.75. The van der Waals surface area contributed by atoms with E-state index in [1.807, 2.05) is 14.1 Å². The molecule has 2 aromatic carbocycles. The second-order valence-electron chi connectivity index (χ2n) is 6.75. The van der Waals surface area contributed by atoms with Crippen LogP contribution in [0, 0.1) is 0 Å². The first kappa shape index (κ1) is 22.1. The third-order valence-electron chi connectivity index (χ3n) is 4.11. The molecule has 0 radical (unpaired) electrons. The Morgan fingerprint density at radius 1 is 0.931 bits per heavy atom.